The molecule has 0 aliphatic rings. The maximum absolute atomic E-state index is 12.2. The number of ether oxygens (including phenoxy) is 1. The Hall–Kier alpha value is -2.93. The first-order valence-electron chi connectivity index (χ1n) is 7.88. The van der Waals surface area contributed by atoms with Crippen LogP contribution in [0.1, 0.15) is 22.8 Å². The van der Waals surface area contributed by atoms with Gasteiger partial charge in [0.25, 0.3) is 5.91 Å². The van der Waals surface area contributed by atoms with Gasteiger partial charge in [-0.2, -0.15) is 0 Å². The number of nitrogens with zero attached hydrogens (tertiary/aromatic N) is 1. The third-order valence-electron chi connectivity index (χ3n) is 3.39. The lowest BCUT2D eigenvalue weighted by Crippen LogP contribution is -2.24. The lowest BCUT2D eigenvalue weighted by Gasteiger charge is -2.11. The second-order valence-electron chi connectivity index (χ2n) is 5.35. The fourth-order valence-electron chi connectivity index (χ4n) is 2.14. The number of nitrogens with one attached hydrogen (secondary N) is 1. The average Bonchev–Trinajstić information content (AvgIpc) is 2.59. The van der Waals surface area contributed by atoms with Gasteiger partial charge in [-0.25, -0.2) is 0 Å². The van der Waals surface area contributed by atoms with Crippen molar-refractivity contribution in [2.45, 2.75) is 6.92 Å². The quantitative estimate of drug-likeness (QED) is 0.861. The molecular formula is C20H22N2O2. The van der Waals surface area contributed by atoms with Gasteiger partial charge < -0.3 is 15.0 Å². The summed E-state index contributed by atoms with van der Waals surface area (Å²) in [6.07, 6.45) is 0. The molecule has 2 aromatic carbocycles. The molecule has 4 nitrogen and oxygen atoms in total. The summed E-state index contributed by atoms with van der Waals surface area (Å²) in [5, 5.41) is 2.80. The molecule has 0 aromatic heterocycles. The van der Waals surface area contributed by atoms with Gasteiger partial charge in [0.05, 0.1) is 18.7 Å². The summed E-state index contributed by atoms with van der Waals surface area (Å²) in [5.41, 5.74) is 2.57. The van der Waals surface area contributed by atoms with Crippen LogP contribution in [-0.4, -0.2) is 33.2 Å². The second-order valence-corrected chi connectivity index (χ2v) is 5.35. The summed E-state index contributed by atoms with van der Waals surface area (Å²) in [6, 6.07) is 15.2. The molecule has 2 rings (SSSR count). The lowest BCUT2D eigenvalue weighted by molar-refractivity contribution is 0.0955. The number of hydrogen-bond donors (Lipinski definition) is 1. The Morgan fingerprint density at radius 1 is 1.12 bits per heavy atom. The van der Waals surface area contributed by atoms with E-state index < -0.39 is 0 Å². The van der Waals surface area contributed by atoms with Crippen molar-refractivity contribution < 1.29 is 9.53 Å². The van der Waals surface area contributed by atoms with Crippen LogP contribution >= 0.6 is 0 Å². The highest BCUT2D eigenvalue weighted by molar-refractivity contribution is 5.97. The van der Waals surface area contributed by atoms with Crippen LogP contribution in [0.2, 0.25) is 0 Å². The minimum absolute atomic E-state index is 0.184. The molecule has 0 radical (unpaired) electrons. The molecule has 0 atom stereocenters. The summed E-state index contributed by atoms with van der Waals surface area (Å²) < 4.78 is 5.46. The molecule has 0 heterocycles. The Balaban J connectivity index is 1.94. The highest BCUT2D eigenvalue weighted by Crippen LogP contribution is 2.17. The zero-order valence-corrected chi connectivity index (χ0v) is 14.3. The van der Waals surface area contributed by atoms with Crippen molar-refractivity contribution in [3.05, 3.63) is 59.7 Å². The van der Waals surface area contributed by atoms with E-state index >= 15 is 0 Å². The van der Waals surface area contributed by atoms with Gasteiger partial charge in [-0.3, -0.25) is 4.79 Å². The number of benzene rings is 2. The Morgan fingerprint density at radius 3 is 2.50 bits per heavy atom. The molecule has 1 N–H and O–H groups in total. The second kappa shape index (κ2) is 8.64. The summed E-state index contributed by atoms with van der Waals surface area (Å²) >= 11 is 0. The number of hydrogen-bond acceptors (Lipinski definition) is 3. The Bertz CT molecular complexity index is 740. The van der Waals surface area contributed by atoms with E-state index in [9.17, 15) is 4.79 Å². The standard InChI is InChI=1S/C20H22N2O2/c1-4-24-19-10-6-5-9-18(19)20(23)21-15-7-8-16-11-13-17(14-12-16)22(2)3/h5-6,9-14H,4,15H2,1-3H3,(H,21,23). The van der Waals surface area contributed by atoms with Crippen molar-refractivity contribution in [3.63, 3.8) is 0 Å². The topological polar surface area (TPSA) is 41.6 Å². The molecule has 0 saturated carbocycles. The Morgan fingerprint density at radius 2 is 1.83 bits per heavy atom. The third-order valence-corrected chi connectivity index (χ3v) is 3.39. The average molecular weight is 322 g/mol. The van der Waals surface area contributed by atoms with E-state index in [0.29, 0.717) is 17.9 Å². The van der Waals surface area contributed by atoms with Gasteiger partial charge in [0.15, 0.2) is 0 Å². The van der Waals surface area contributed by atoms with Crippen molar-refractivity contribution in [3.8, 4) is 17.6 Å². The summed E-state index contributed by atoms with van der Waals surface area (Å²) in [4.78, 5) is 14.2. The van der Waals surface area contributed by atoms with Gasteiger partial charge in [0, 0.05) is 25.3 Å². The minimum Gasteiger partial charge on any atom is -0.493 e. The molecule has 0 bridgehead atoms. The van der Waals surface area contributed by atoms with E-state index in [4.69, 9.17) is 4.74 Å². The molecule has 124 valence electrons. The molecule has 24 heavy (non-hydrogen) atoms. The van der Waals surface area contributed by atoms with Crippen molar-refractivity contribution in [1.29, 1.82) is 0 Å². The van der Waals surface area contributed by atoms with Crippen LogP contribution in [0, 0.1) is 11.8 Å². The fraction of sp³-hybridized carbons (Fsp3) is 0.250. The van der Waals surface area contributed by atoms with Crippen molar-refractivity contribution >= 4 is 11.6 Å². The van der Waals surface area contributed by atoms with Crippen molar-refractivity contribution in [2.75, 3.05) is 32.1 Å². The van der Waals surface area contributed by atoms with E-state index in [1.165, 1.54) is 0 Å². The van der Waals surface area contributed by atoms with E-state index in [0.717, 1.165) is 11.3 Å². The summed E-state index contributed by atoms with van der Waals surface area (Å²) in [6.45, 7) is 2.70. The molecule has 0 aliphatic carbocycles. The number of amides is 1. The molecule has 0 unspecified atom stereocenters. The smallest absolute Gasteiger partial charge is 0.255 e. The summed E-state index contributed by atoms with van der Waals surface area (Å²) in [7, 11) is 3.99. The first kappa shape index (κ1) is 17.4. The highest BCUT2D eigenvalue weighted by Gasteiger charge is 2.10. The molecule has 4 heteroatoms. The number of carbonyl (C=O) groups is 1. The zero-order valence-electron chi connectivity index (χ0n) is 14.3. The maximum Gasteiger partial charge on any atom is 0.255 e. The molecule has 0 saturated heterocycles. The highest BCUT2D eigenvalue weighted by atomic mass is 16.5. The van der Waals surface area contributed by atoms with Gasteiger partial charge in [-0.05, 0) is 43.3 Å². The minimum atomic E-state index is -0.184. The van der Waals surface area contributed by atoms with Crippen LogP contribution in [0.5, 0.6) is 5.75 Å². The van der Waals surface area contributed by atoms with Gasteiger partial charge in [-0.1, -0.05) is 24.0 Å². The molecule has 0 aliphatic heterocycles. The first-order valence-corrected chi connectivity index (χ1v) is 7.88. The van der Waals surface area contributed by atoms with Crippen LogP contribution < -0.4 is 15.0 Å². The number of carbonyl (C=O) groups excluding carboxylic acids is 1. The predicted molar refractivity (Wildman–Crippen MR) is 97.6 cm³/mol. The van der Waals surface area contributed by atoms with Gasteiger partial charge in [0.2, 0.25) is 0 Å². The third kappa shape index (κ3) is 4.79. The monoisotopic (exact) mass is 322 g/mol. The van der Waals surface area contributed by atoms with E-state index in [-0.39, 0.29) is 12.5 Å². The molecule has 0 fully saturated rings. The van der Waals surface area contributed by atoms with Crippen LogP contribution in [-0.2, 0) is 0 Å². The van der Waals surface area contributed by atoms with E-state index in [1.807, 2.05) is 62.3 Å². The molecule has 2 aromatic rings. The lowest BCUT2D eigenvalue weighted by atomic mass is 10.2. The number of rotatable bonds is 5. The maximum atomic E-state index is 12.2. The molecule has 1 amide bonds. The molecule has 0 spiro atoms. The van der Waals surface area contributed by atoms with Crippen LogP contribution in [0.3, 0.4) is 0 Å². The molecular weight excluding hydrogens is 300 g/mol. The number of anilines is 1. The van der Waals surface area contributed by atoms with E-state index in [2.05, 4.69) is 17.2 Å². The van der Waals surface area contributed by atoms with Crippen molar-refractivity contribution in [1.82, 2.24) is 5.32 Å². The number of para-hydroxylation sites is 1. The first-order chi connectivity index (χ1) is 11.6. The zero-order chi connectivity index (χ0) is 17.4. The van der Waals surface area contributed by atoms with Gasteiger partial charge in [-0.15, -0.1) is 0 Å². The largest absolute Gasteiger partial charge is 0.493 e. The SMILES string of the molecule is CCOc1ccccc1C(=O)NCC#Cc1ccc(N(C)C)cc1. The van der Waals surface area contributed by atoms with Gasteiger partial charge in [0.1, 0.15) is 5.75 Å². The fourth-order valence-corrected chi connectivity index (χ4v) is 2.14. The predicted octanol–water partition coefficient (Wildman–Crippen LogP) is 2.93. The van der Waals surface area contributed by atoms with Gasteiger partial charge >= 0.3 is 0 Å². The van der Waals surface area contributed by atoms with Crippen LogP contribution in [0.25, 0.3) is 0 Å². The summed E-state index contributed by atoms with van der Waals surface area (Å²) in [5.74, 6) is 6.41. The van der Waals surface area contributed by atoms with E-state index in [1.54, 1.807) is 12.1 Å². The Labute approximate surface area is 143 Å². The van der Waals surface area contributed by atoms with Crippen molar-refractivity contribution in [2.24, 2.45) is 0 Å². The van der Waals surface area contributed by atoms with Crippen LogP contribution in [0.15, 0.2) is 48.5 Å². The van der Waals surface area contributed by atoms with Crippen LogP contribution in [0.4, 0.5) is 5.69 Å². The normalized spacial score (nSPS) is 9.62. The Kier molecular flexibility index (Phi) is 6.27.